The number of rotatable bonds is 5. The van der Waals surface area contributed by atoms with Crippen LogP contribution >= 0.6 is 0 Å². The molecule has 0 saturated carbocycles. The topological polar surface area (TPSA) is 97.5 Å². The van der Waals surface area contributed by atoms with Crippen molar-refractivity contribution in [2.45, 2.75) is 19.4 Å². The predicted molar refractivity (Wildman–Crippen MR) is 63.6 cm³/mol. The summed E-state index contributed by atoms with van der Waals surface area (Å²) >= 11 is 0. The Kier molecular flexibility index (Phi) is 4.45. The van der Waals surface area contributed by atoms with E-state index in [1.807, 2.05) is 0 Å². The van der Waals surface area contributed by atoms with Crippen molar-refractivity contribution in [2.75, 3.05) is 26.3 Å². The minimum atomic E-state index is -1.10. The molecule has 0 atom stereocenters. The molecule has 0 spiro atoms. The summed E-state index contributed by atoms with van der Waals surface area (Å²) in [6.07, 6.45) is 2.39. The SMILES string of the molecule is O=C(O)c1cn(CCCC(=O)N2CCOCC2)nn1. The number of hydrogen-bond acceptors (Lipinski definition) is 5. The number of nitrogens with zero attached hydrogens (tertiary/aromatic N) is 4. The predicted octanol–water partition coefficient (Wildman–Crippen LogP) is -0.385. The van der Waals surface area contributed by atoms with Crippen molar-refractivity contribution in [3.05, 3.63) is 11.9 Å². The van der Waals surface area contributed by atoms with Gasteiger partial charge < -0.3 is 14.7 Å². The highest BCUT2D eigenvalue weighted by atomic mass is 16.5. The Morgan fingerprint density at radius 1 is 1.37 bits per heavy atom. The molecule has 1 fully saturated rings. The molecule has 0 unspecified atom stereocenters. The molecule has 0 radical (unpaired) electrons. The number of carbonyl (C=O) groups is 2. The van der Waals surface area contributed by atoms with Crippen LogP contribution in [0.15, 0.2) is 6.20 Å². The molecule has 1 N–H and O–H groups in total. The van der Waals surface area contributed by atoms with Gasteiger partial charge in [-0.05, 0) is 6.42 Å². The third-order valence-electron chi connectivity index (χ3n) is 2.90. The molecule has 2 heterocycles. The van der Waals surface area contributed by atoms with Gasteiger partial charge >= 0.3 is 5.97 Å². The first kappa shape index (κ1) is 13.5. The number of hydrogen-bond donors (Lipinski definition) is 1. The smallest absolute Gasteiger partial charge is 0.358 e. The monoisotopic (exact) mass is 268 g/mol. The summed E-state index contributed by atoms with van der Waals surface area (Å²) < 4.78 is 6.62. The Bertz CT molecular complexity index is 453. The molecule has 0 aliphatic carbocycles. The van der Waals surface area contributed by atoms with Crippen LogP contribution in [0.1, 0.15) is 23.3 Å². The van der Waals surface area contributed by atoms with Gasteiger partial charge in [-0.3, -0.25) is 9.48 Å². The van der Waals surface area contributed by atoms with Crippen LogP contribution < -0.4 is 0 Å². The number of carbonyl (C=O) groups excluding carboxylic acids is 1. The average Bonchev–Trinajstić information content (AvgIpc) is 2.89. The molecule has 1 aromatic heterocycles. The first-order valence-corrected chi connectivity index (χ1v) is 6.16. The highest BCUT2D eigenvalue weighted by Crippen LogP contribution is 2.04. The van der Waals surface area contributed by atoms with Crippen molar-refractivity contribution >= 4 is 11.9 Å². The Labute approximate surface area is 109 Å². The fraction of sp³-hybridized carbons (Fsp3) is 0.636. The summed E-state index contributed by atoms with van der Waals surface area (Å²) in [5, 5.41) is 15.9. The molecule has 0 aromatic carbocycles. The van der Waals surface area contributed by atoms with Gasteiger partial charge in [-0.15, -0.1) is 5.10 Å². The van der Waals surface area contributed by atoms with E-state index in [2.05, 4.69) is 10.3 Å². The van der Waals surface area contributed by atoms with E-state index in [9.17, 15) is 9.59 Å². The highest BCUT2D eigenvalue weighted by Gasteiger charge is 2.16. The van der Waals surface area contributed by atoms with E-state index in [4.69, 9.17) is 9.84 Å². The van der Waals surface area contributed by atoms with Gasteiger partial charge in [0.05, 0.1) is 19.4 Å². The van der Waals surface area contributed by atoms with E-state index in [0.29, 0.717) is 45.7 Å². The molecule has 8 nitrogen and oxygen atoms in total. The van der Waals surface area contributed by atoms with Gasteiger partial charge in [-0.25, -0.2) is 4.79 Å². The quantitative estimate of drug-likeness (QED) is 0.781. The van der Waals surface area contributed by atoms with Crippen LogP contribution in [0.3, 0.4) is 0 Å². The zero-order valence-electron chi connectivity index (χ0n) is 10.5. The molecule has 2 rings (SSSR count). The number of morpholine rings is 1. The second-order valence-corrected chi connectivity index (χ2v) is 4.27. The van der Waals surface area contributed by atoms with Crippen molar-refractivity contribution in [3.8, 4) is 0 Å². The van der Waals surface area contributed by atoms with E-state index in [1.165, 1.54) is 10.9 Å². The summed E-state index contributed by atoms with van der Waals surface area (Å²) in [5.41, 5.74) is -0.0838. The maximum absolute atomic E-state index is 11.8. The van der Waals surface area contributed by atoms with E-state index in [0.717, 1.165) is 0 Å². The molecule has 1 aromatic rings. The molecule has 104 valence electrons. The van der Waals surface area contributed by atoms with Crippen molar-refractivity contribution in [1.29, 1.82) is 0 Å². The van der Waals surface area contributed by atoms with Crippen LogP contribution in [0.4, 0.5) is 0 Å². The Hall–Kier alpha value is -1.96. The molecule has 8 heteroatoms. The van der Waals surface area contributed by atoms with Gasteiger partial charge in [0.25, 0.3) is 0 Å². The fourth-order valence-corrected chi connectivity index (χ4v) is 1.87. The zero-order valence-corrected chi connectivity index (χ0v) is 10.5. The lowest BCUT2D eigenvalue weighted by Crippen LogP contribution is -2.40. The standard InChI is InChI=1S/C11H16N4O4/c16-10(14-4-6-19-7-5-14)2-1-3-15-8-9(11(17)18)12-13-15/h8H,1-7H2,(H,17,18). The number of aromatic carboxylic acids is 1. The average molecular weight is 268 g/mol. The number of carboxylic acid groups (broad SMARTS) is 1. The number of ether oxygens (including phenoxy) is 1. The summed E-state index contributed by atoms with van der Waals surface area (Å²) in [4.78, 5) is 24.2. The lowest BCUT2D eigenvalue weighted by Gasteiger charge is -2.26. The van der Waals surface area contributed by atoms with Crippen molar-refractivity contribution < 1.29 is 19.4 Å². The normalized spacial score (nSPS) is 15.5. The minimum Gasteiger partial charge on any atom is -0.476 e. The van der Waals surface area contributed by atoms with Crippen LogP contribution in [0.25, 0.3) is 0 Å². The van der Waals surface area contributed by atoms with E-state index in [-0.39, 0.29) is 11.6 Å². The van der Waals surface area contributed by atoms with Crippen LogP contribution in [0, 0.1) is 0 Å². The van der Waals surface area contributed by atoms with Crippen molar-refractivity contribution in [3.63, 3.8) is 0 Å². The van der Waals surface area contributed by atoms with E-state index in [1.54, 1.807) is 4.90 Å². The second kappa shape index (κ2) is 6.28. The van der Waals surface area contributed by atoms with Gasteiger partial charge in [0, 0.05) is 26.1 Å². The number of amides is 1. The zero-order chi connectivity index (χ0) is 13.7. The molecule has 0 bridgehead atoms. The summed E-state index contributed by atoms with van der Waals surface area (Å²) in [6.45, 7) is 2.96. The van der Waals surface area contributed by atoms with Crippen LogP contribution in [-0.2, 0) is 16.1 Å². The van der Waals surface area contributed by atoms with Gasteiger partial charge in [0.15, 0.2) is 5.69 Å². The van der Waals surface area contributed by atoms with Crippen molar-refractivity contribution in [2.24, 2.45) is 0 Å². The van der Waals surface area contributed by atoms with Gasteiger partial charge in [-0.2, -0.15) is 0 Å². The third-order valence-corrected chi connectivity index (χ3v) is 2.90. The van der Waals surface area contributed by atoms with Gasteiger partial charge in [0.1, 0.15) is 0 Å². The Morgan fingerprint density at radius 3 is 2.74 bits per heavy atom. The molecule has 1 aliphatic heterocycles. The Morgan fingerprint density at radius 2 is 2.11 bits per heavy atom. The van der Waals surface area contributed by atoms with Crippen LogP contribution in [0.5, 0.6) is 0 Å². The lowest BCUT2D eigenvalue weighted by atomic mass is 10.2. The maximum atomic E-state index is 11.8. The maximum Gasteiger partial charge on any atom is 0.358 e. The largest absolute Gasteiger partial charge is 0.476 e. The van der Waals surface area contributed by atoms with E-state index >= 15 is 0 Å². The number of aryl methyl sites for hydroxylation is 1. The molecule has 1 amide bonds. The van der Waals surface area contributed by atoms with Crippen LogP contribution in [0.2, 0.25) is 0 Å². The summed E-state index contributed by atoms with van der Waals surface area (Å²) in [7, 11) is 0. The second-order valence-electron chi connectivity index (χ2n) is 4.27. The molecule has 1 aliphatic rings. The first-order chi connectivity index (χ1) is 9.16. The van der Waals surface area contributed by atoms with Gasteiger partial charge in [0.2, 0.25) is 5.91 Å². The minimum absolute atomic E-state index is 0.0838. The molecule has 19 heavy (non-hydrogen) atoms. The summed E-state index contributed by atoms with van der Waals surface area (Å²) in [6, 6.07) is 0. The van der Waals surface area contributed by atoms with Gasteiger partial charge in [-0.1, -0.05) is 5.21 Å². The third kappa shape index (κ3) is 3.75. The summed E-state index contributed by atoms with van der Waals surface area (Å²) in [5.74, 6) is -1.00. The fourth-order valence-electron chi connectivity index (χ4n) is 1.87. The molecule has 1 saturated heterocycles. The Balaban J connectivity index is 1.73. The highest BCUT2D eigenvalue weighted by molar-refractivity contribution is 5.84. The first-order valence-electron chi connectivity index (χ1n) is 6.16. The van der Waals surface area contributed by atoms with Crippen molar-refractivity contribution in [1.82, 2.24) is 19.9 Å². The van der Waals surface area contributed by atoms with Crippen LogP contribution in [-0.4, -0.2) is 63.2 Å². The molecular formula is C11H16N4O4. The number of carboxylic acids is 1. The van der Waals surface area contributed by atoms with E-state index < -0.39 is 5.97 Å². The lowest BCUT2D eigenvalue weighted by molar-refractivity contribution is -0.135. The molecular weight excluding hydrogens is 252 g/mol. The number of aromatic nitrogens is 3.